The number of carbonyl (C=O) groups is 2. The fraction of sp³-hybridized carbons (Fsp3) is 0.467. The van der Waals surface area contributed by atoms with Gasteiger partial charge in [-0.25, -0.2) is 4.79 Å². The third kappa shape index (κ3) is 3.69. The number of hydrogen-bond donors (Lipinski definition) is 2. The third-order valence-electron chi connectivity index (χ3n) is 3.72. The van der Waals surface area contributed by atoms with Crippen molar-refractivity contribution in [1.29, 1.82) is 0 Å². The van der Waals surface area contributed by atoms with Crippen LogP contribution in [0.2, 0.25) is 0 Å². The van der Waals surface area contributed by atoms with Crippen LogP contribution < -0.4 is 4.74 Å². The van der Waals surface area contributed by atoms with Gasteiger partial charge >= 0.3 is 5.97 Å². The molecule has 21 heavy (non-hydrogen) atoms. The maximum absolute atomic E-state index is 12.0. The first-order valence-corrected chi connectivity index (χ1v) is 7.44. The van der Waals surface area contributed by atoms with Gasteiger partial charge in [-0.05, 0) is 29.4 Å². The SMILES string of the molecule is COc1cccc(CC(C(=O)O)N2CC(CS)CC2=O)c1. The first-order chi connectivity index (χ1) is 10.0. The second-order valence-electron chi connectivity index (χ2n) is 5.21. The van der Waals surface area contributed by atoms with Crippen LogP contribution in [0.5, 0.6) is 5.75 Å². The van der Waals surface area contributed by atoms with Crippen LogP contribution in [0.25, 0.3) is 0 Å². The predicted molar refractivity (Wildman–Crippen MR) is 81.8 cm³/mol. The van der Waals surface area contributed by atoms with Gasteiger partial charge in [0.1, 0.15) is 11.8 Å². The van der Waals surface area contributed by atoms with Gasteiger partial charge in [0, 0.05) is 19.4 Å². The number of carboxylic acids is 1. The van der Waals surface area contributed by atoms with Crippen molar-refractivity contribution >= 4 is 24.5 Å². The van der Waals surface area contributed by atoms with Crippen molar-refractivity contribution in [1.82, 2.24) is 4.90 Å². The molecule has 2 unspecified atom stereocenters. The van der Waals surface area contributed by atoms with Gasteiger partial charge in [-0.3, -0.25) is 4.79 Å². The van der Waals surface area contributed by atoms with Gasteiger partial charge in [-0.2, -0.15) is 12.6 Å². The maximum atomic E-state index is 12.0. The van der Waals surface area contributed by atoms with Crippen molar-refractivity contribution in [2.75, 3.05) is 19.4 Å². The van der Waals surface area contributed by atoms with Gasteiger partial charge in [0.15, 0.2) is 0 Å². The average Bonchev–Trinajstić information content (AvgIpc) is 2.85. The van der Waals surface area contributed by atoms with E-state index >= 15 is 0 Å². The number of carbonyl (C=O) groups excluding carboxylic acids is 1. The number of rotatable bonds is 6. The highest BCUT2D eigenvalue weighted by atomic mass is 32.1. The first kappa shape index (κ1) is 15.7. The molecule has 1 N–H and O–H groups in total. The largest absolute Gasteiger partial charge is 0.497 e. The molecule has 1 aromatic carbocycles. The first-order valence-electron chi connectivity index (χ1n) is 6.81. The lowest BCUT2D eigenvalue weighted by Gasteiger charge is -2.25. The number of amides is 1. The van der Waals surface area contributed by atoms with E-state index in [2.05, 4.69) is 12.6 Å². The molecule has 1 aromatic rings. The number of thiol groups is 1. The van der Waals surface area contributed by atoms with E-state index in [4.69, 9.17) is 4.74 Å². The topological polar surface area (TPSA) is 66.8 Å². The molecule has 1 aliphatic heterocycles. The summed E-state index contributed by atoms with van der Waals surface area (Å²) >= 11 is 4.20. The standard InChI is InChI=1S/C15H19NO4S/c1-20-12-4-2-3-10(5-12)6-13(15(18)19)16-8-11(9-21)7-14(16)17/h2-5,11,13,21H,6-9H2,1H3,(H,18,19). The second kappa shape index (κ2) is 6.85. The van der Waals surface area contributed by atoms with Crippen molar-refractivity contribution in [3.05, 3.63) is 29.8 Å². The van der Waals surface area contributed by atoms with Crippen molar-refractivity contribution in [3.63, 3.8) is 0 Å². The number of hydrogen-bond acceptors (Lipinski definition) is 4. The molecule has 1 saturated heterocycles. The van der Waals surface area contributed by atoms with Crippen LogP contribution in [0.3, 0.4) is 0 Å². The lowest BCUT2D eigenvalue weighted by Crippen LogP contribution is -2.43. The van der Waals surface area contributed by atoms with E-state index in [1.165, 1.54) is 4.90 Å². The van der Waals surface area contributed by atoms with Crippen LogP contribution in [0.4, 0.5) is 0 Å². The summed E-state index contributed by atoms with van der Waals surface area (Å²) in [4.78, 5) is 25.0. The molecule has 114 valence electrons. The molecule has 0 saturated carbocycles. The molecule has 1 aliphatic rings. The Balaban J connectivity index is 2.16. The van der Waals surface area contributed by atoms with E-state index in [1.54, 1.807) is 19.2 Å². The van der Waals surface area contributed by atoms with Crippen LogP contribution in [0.1, 0.15) is 12.0 Å². The summed E-state index contributed by atoms with van der Waals surface area (Å²) in [6.07, 6.45) is 0.656. The summed E-state index contributed by atoms with van der Waals surface area (Å²) in [5, 5.41) is 9.45. The van der Waals surface area contributed by atoms with E-state index < -0.39 is 12.0 Å². The molecule has 1 fully saturated rings. The van der Waals surface area contributed by atoms with E-state index in [0.717, 1.165) is 5.56 Å². The van der Waals surface area contributed by atoms with E-state index in [-0.39, 0.29) is 18.2 Å². The predicted octanol–water partition coefficient (Wildman–Crippen LogP) is 1.47. The van der Waals surface area contributed by atoms with Gasteiger partial charge in [0.25, 0.3) is 0 Å². The zero-order valence-electron chi connectivity index (χ0n) is 11.9. The smallest absolute Gasteiger partial charge is 0.326 e. The molecular formula is C15H19NO4S. The lowest BCUT2D eigenvalue weighted by molar-refractivity contribution is -0.148. The minimum absolute atomic E-state index is 0.107. The normalized spacial score (nSPS) is 19.6. The number of nitrogens with zero attached hydrogens (tertiary/aromatic N) is 1. The fourth-order valence-electron chi connectivity index (χ4n) is 2.59. The van der Waals surface area contributed by atoms with Gasteiger partial charge in [-0.1, -0.05) is 12.1 Å². The zero-order chi connectivity index (χ0) is 15.4. The molecule has 0 radical (unpaired) electrons. The number of carboxylic acid groups (broad SMARTS) is 1. The molecular weight excluding hydrogens is 290 g/mol. The van der Waals surface area contributed by atoms with E-state index in [1.807, 2.05) is 12.1 Å². The van der Waals surface area contributed by atoms with Crippen LogP contribution in [0, 0.1) is 5.92 Å². The Kier molecular flexibility index (Phi) is 5.12. The monoisotopic (exact) mass is 309 g/mol. The van der Waals surface area contributed by atoms with Crippen LogP contribution in [0.15, 0.2) is 24.3 Å². The van der Waals surface area contributed by atoms with Gasteiger partial charge in [0.05, 0.1) is 7.11 Å². The third-order valence-corrected chi connectivity index (χ3v) is 4.24. The summed E-state index contributed by atoms with van der Waals surface area (Å²) in [6, 6.07) is 6.42. The molecule has 5 nitrogen and oxygen atoms in total. The zero-order valence-corrected chi connectivity index (χ0v) is 12.8. The average molecular weight is 309 g/mol. The molecule has 1 heterocycles. The van der Waals surface area contributed by atoms with Crippen LogP contribution >= 0.6 is 12.6 Å². The number of aliphatic carboxylic acids is 1. The van der Waals surface area contributed by atoms with Gasteiger partial charge in [-0.15, -0.1) is 0 Å². The van der Waals surface area contributed by atoms with Gasteiger partial charge in [0.2, 0.25) is 5.91 Å². The summed E-state index contributed by atoms with van der Waals surface area (Å²) in [7, 11) is 1.56. The number of methoxy groups -OCH3 is 1. The number of ether oxygens (including phenoxy) is 1. The van der Waals surface area contributed by atoms with Gasteiger partial charge < -0.3 is 14.7 Å². The Morgan fingerprint density at radius 3 is 2.90 bits per heavy atom. The Labute approximate surface area is 129 Å². The molecule has 0 aliphatic carbocycles. The molecule has 2 rings (SSSR count). The van der Waals surface area contributed by atoms with Crippen LogP contribution in [-0.4, -0.2) is 47.3 Å². The maximum Gasteiger partial charge on any atom is 0.326 e. The van der Waals surface area contributed by atoms with E-state index in [0.29, 0.717) is 24.5 Å². The molecule has 6 heteroatoms. The quantitative estimate of drug-likeness (QED) is 0.781. The Bertz CT molecular complexity index is 534. The Morgan fingerprint density at radius 2 is 2.33 bits per heavy atom. The van der Waals surface area contributed by atoms with Crippen LogP contribution in [-0.2, 0) is 16.0 Å². The highest BCUT2D eigenvalue weighted by molar-refractivity contribution is 7.80. The molecule has 0 bridgehead atoms. The van der Waals surface area contributed by atoms with Crippen molar-refractivity contribution in [2.45, 2.75) is 18.9 Å². The molecule has 0 aromatic heterocycles. The summed E-state index contributed by atoms with van der Waals surface area (Å²) in [5.41, 5.74) is 0.837. The number of benzene rings is 1. The molecule has 0 spiro atoms. The van der Waals surface area contributed by atoms with Crippen molar-refractivity contribution in [3.8, 4) is 5.75 Å². The molecule has 2 atom stereocenters. The summed E-state index contributed by atoms with van der Waals surface area (Å²) < 4.78 is 5.14. The number of likely N-dealkylation sites (tertiary alicyclic amines) is 1. The minimum Gasteiger partial charge on any atom is -0.497 e. The minimum atomic E-state index is -0.981. The highest BCUT2D eigenvalue weighted by Crippen LogP contribution is 2.24. The lowest BCUT2D eigenvalue weighted by atomic mass is 10.0. The van der Waals surface area contributed by atoms with Crippen molar-refractivity contribution in [2.24, 2.45) is 5.92 Å². The summed E-state index contributed by atoms with van der Waals surface area (Å²) in [5.74, 6) is 0.314. The fourth-order valence-corrected chi connectivity index (χ4v) is 2.83. The van der Waals surface area contributed by atoms with Crippen molar-refractivity contribution < 1.29 is 19.4 Å². The second-order valence-corrected chi connectivity index (χ2v) is 5.57. The Hall–Kier alpha value is -1.69. The van der Waals surface area contributed by atoms with E-state index in [9.17, 15) is 14.7 Å². The highest BCUT2D eigenvalue weighted by Gasteiger charge is 2.37. The summed E-state index contributed by atoms with van der Waals surface area (Å²) in [6.45, 7) is 0.462. The molecule has 1 amide bonds. The Morgan fingerprint density at radius 1 is 1.57 bits per heavy atom.